The minimum absolute atomic E-state index is 0.0702. The van der Waals surface area contributed by atoms with Crippen molar-refractivity contribution in [3.05, 3.63) is 55.7 Å². The summed E-state index contributed by atoms with van der Waals surface area (Å²) < 4.78 is 23.2. The van der Waals surface area contributed by atoms with Gasteiger partial charge in [-0.2, -0.15) is 4.98 Å². The highest BCUT2D eigenvalue weighted by atomic mass is 35.5. The fourth-order valence-corrected chi connectivity index (χ4v) is 5.18. The van der Waals surface area contributed by atoms with Crippen LogP contribution in [0.1, 0.15) is 45.6 Å². The summed E-state index contributed by atoms with van der Waals surface area (Å²) in [5.74, 6) is -1.98. The van der Waals surface area contributed by atoms with Crippen molar-refractivity contribution in [2.45, 2.75) is 25.4 Å². The Bertz CT molecular complexity index is 1200. The van der Waals surface area contributed by atoms with Gasteiger partial charge in [0.25, 0.3) is 11.8 Å². The van der Waals surface area contributed by atoms with E-state index in [0.29, 0.717) is 19.4 Å². The molecule has 2 amide bonds. The van der Waals surface area contributed by atoms with E-state index in [9.17, 15) is 28.3 Å². The van der Waals surface area contributed by atoms with Gasteiger partial charge in [-0.05, 0) is 25.0 Å². The van der Waals surface area contributed by atoms with Gasteiger partial charge in [0.1, 0.15) is 5.82 Å². The number of hydrogen-bond donors (Lipinski definition) is 1. The molecule has 10 nitrogen and oxygen atoms in total. The van der Waals surface area contributed by atoms with Crippen LogP contribution in [0.3, 0.4) is 0 Å². The minimum atomic E-state index is -2.34. The summed E-state index contributed by atoms with van der Waals surface area (Å²) in [5, 5.41) is 10.7. The Morgan fingerprint density at radius 1 is 1.21 bits per heavy atom. The van der Waals surface area contributed by atoms with Gasteiger partial charge in [0.05, 0.1) is 21.7 Å². The summed E-state index contributed by atoms with van der Waals surface area (Å²) in [6.45, 7) is 0.636. The monoisotopic (exact) mass is 513 g/mol. The highest BCUT2D eigenvalue weighted by molar-refractivity contribution is 7.79. The predicted octanol–water partition coefficient (Wildman–Crippen LogP) is 1.57. The number of aromatic hydroxyl groups is 1. The second-order valence-corrected chi connectivity index (χ2v) is 9.51. The highest BCUT2D eigenvalue weighted by Gasteiger charge is 2.38. The van der Waals surface area contributed by atoms with Gasteiger partial charge in [-0.25, -0.2) is 0 Å². The standard InChI is InChI=1S/C20H20Cl2N4O6S/c21-11-3-1-4-12(22)14(11)19(29)25-6-2-5-13(25)17-23-18(28)16(27)15-20(30)24(7-8-26(15)17)9-10-33(31)32/h1,3-4,13,27H,2,5-10H2,(H,31,32)/p-1/t13-/m0/s1. The van der Waals surface area contributed by atoms with Crippen LogP contribution >= 0.6 is 23.2 Å². The summed E-state index contributed by atoms with van der Waals surface area (Å²) in [5.41, 5.74) is -1.11. The lowest BCUT2D eigenvalue weighted by Gasteiger charge is -2.34. The van der Waals surface area contributed by atoms with Crippen molar-refractivity contribution in [3.63, 3.8) is 0 Å². The molecule has 0 aliphatic carbocycles. The number of nitrogens with zero attached hydrogens (tertiary/aromatic N) is 4. The molecule has 2 atom stereocenters. The topological polar surface area (TPSA) is 136 Å². The van der Waals surface area contributed by atoms with Crippen LogP contribution in [0.25, 0.3) is 0 Å². The quantitative estimate of drug-likeness (QED) is 0.599. The van der Waals surface area contributed by atoms with E-state index in [1.54, 1.807) is 18.2 Å². The third kappa shape index (κ3) is 4.37. The van der Waals surface area contributed by atoms with Crippen molar-refractivity contribution in [1.82, 2.24) is 19.4 Å². The van der Waals surface area contributed by atoms with Gasteiger partial charge in [0, 0.05) is 31.9 Å². The average Bonchev–Trinajstić information content (AvgIpc) is 3.25. The second kappa shape index (κ2) is 9.41. The van der Waals surface area contributed by atoms with Crippen LogP contribution in [0.15, 0.2) is 23.0 Å². The van der Waals surface area contributed by atoms with Gasteiger partial charge >= 0.3 is 5.56 Å². The number of benzene rings is 1. The van der Waals surface area contributed by atoms with Crippen LogP contribution in [0, 0.1) is 0 Å². The Hall–Kier alpha value is -2.47. The van der Waals surface area contributed by atoms with Crippen molar-refractivity contribution in [1.29, 1.82) is 0 Å². The van der Waals surface area contributed by atoms with Gasteiger partial charge in [-0.3, -0.25) is 18.6 Å². The number of carbonyl (C=O) groups is 2. The van der Waals surface area contributed by atoms with Crippen molar-refractivity contribution >= 4 is 46.1 Å². The van der Waals surface area contributed by atoms with E-state index in [1.165, 1.54) is 14.4 Å². The molecule has 33 heavy (non-hydrogen) atoms. The van der Waals surface area contributed by atoms with Crippen molar-refractivity contribution in [3.8, 4) is 5.75 Å². The SMILES string of the molecule is O=C1c2c(O)c(=O)nc([C@@H]3CCCN3C(=O)c3c(Cl)cccc3Cl)n2CCN1CCS(=O)[O-]. The molecule has 0 spiro atoms. The van der Waals surface area contributed by atoms with E-state index in [-0.39, 0.29) is 52.5 Å². The first-order chi connectivity index (χ1) is 15.7. The van der Waals surface area contributed by atoms with Crippen LogP contribution in [-0.4, -0.2) is 70.4 Å². The molecule has 1 unspecified atom stereocenters. The maximum Gasteiger partial charge on any atom is 0.315 e. The molecule has 1 aromatic heterocycles. The first kappa shape index (κ1) is 23.7. The molecule has 2 aliphatic heterocycles. The van der Waals surface area contributed by atoms with Gasteiger partial charge in [-0.15, -0.1) is 0 Å². The van der Waals surface area contributed by atoms with Crippen LogP contribution in [-0.2, 0) is 17.6 Å². The smallest absolute Gasteiger partial charge is 0.315 e. The van der Waals surface area contributed by atoms with Crippen molar-refractivity contribution in [2.75, 3.05) is 25.4 Å². The number of hydrogen-bond acceptors (Lipinski definition) is 7. The van der Waals surface area contributed by atoms with E-state index in [4.69, 9.17) is 23.2 Å². The molecular formula is C20H19Cl2N4O6S-. The van der Waals surface area contributed by atoms with E-state index in [2.05, 4.69) is 4.98 Å². The van der Waals surface area contributed by atoms with Gasteiger partial charge < -0.3 is 24.0 Å². The third-order valence-electron chi connectivity index (χ3n) is 5.79. The summed E-state index contributed by atoms with van der Waals surface area (Å²) in [6, 6.07) is 4.10. The largest absolute Gasteiger partial charge is 0.772 e. The summed E-state index contributed by atoms with van der Waals surface area (Å²) in [6.07, 6.45) is 1.11. The summed E-state index contributed by atoms with van der Waals surface area (Å²) in [4.78, 5) is 45.5. The Morgan fingerprint density at radius 3 is 2.58 bits per heavy atom. The van der Waals surface area contributed by atoms with E-state index in [1.807, 2.05) is 0 Å². The molecule has 0 bridgehead atoms. The maximum atomic E-state index is 13.3. The second-order valence-electron chi connectivity index (χ2n) is 7.68. The van der Waals surface area contributed by atoms with E-state index >= 15 is 0 Å². The van der Waals surface area contributed by atoms with Crippen molar-refractivity contribution in [2.24, 2.45) is 0 Å². The third-order valence-corrected chi connectivity index (χ3v) is 6.93. The number of carbonyl (C=O) groups excluding carboxylic acids is 2. The molecular weight excluding hydrogens is 495 g/mol. The summed E-state index contributed by atoms with van der Waals surface area (Å²) >= 11 is 10.1. The zero-order chi connectivity index (χ0) is 23.9. The zero-order valence-corrected chi connectivity index (χ0v) is 19.5. The van der Waals surface area contributed by atoms with Crippen LogP contribution in [0.5, 0.6) is 5.75 Å². The van der Waals surface area contributed by atoms with Crippen LogP contribution < -0.4 is 5.56 Å². The lowest BCUT2D eigenvalue weighted by atomic mass is 10.1. The number of rotatable bonds is 5. The maximum absolute atomic E-state index is 13.3. The predicted molar refractivity (Wildman–Crippen MR) is 119 cm³/mol. The van der Waals surface area contributed by atoms with E-state index < -0.39 is 40.2 Å². The molecule has 176 valence electrons. The fraction of sp³-hybridized carbons (Fsp3) is 0.400. The molecule has 0 saturated carbocycles. The fourth-order valence-electron chi connectivity index (χ4n) is 4.25. The van der Waals surface area contributed by atoms with Gasteiger partial charge in [0.15, 0.2) is 5.69 Å². The number of amides is 2. The molecule has 1 fully saturated rings. The lowest BCUT2D eigenvalue weighted by molar-refractivity contribution is 0.0689. The Labute approximate surface area is 201 Å². The highest BCUT2D eigenvalue weighted by Crippen LogP contribution is 2.36. The normalized spacial score (nSPS) is 19.0. The number of fused-ring (bicyclic) bond motifs is 1. The Morgan fingerprint density at radius 2 is 1.91 bits per heavy atom. The average molecular weight is 514 g/mol. The first-order valence-electron chi connectivity index (χ1n) is 10.1. The van der Waals surface area contributed by atoms with Gasteiger partial charge in [0.2, 0.25) is 5.75 Å². The van der Waals surface area contributed by atoms with Gasteiger partial charge in [-0.1, -0.05) is 40.3 Å². The lowest BCUT2D eigenvalue weighted by Crippen LogP contribution is -2.45. The molecule has 13 heteroatoms. The Kier molecular flexibility index (Phi) is 6.76. The molecule has 2 aliphatic rings. The molecule has 1 aromatic carbocycles. The molecule has 1 saturated heterocycles. The number of halogens is 2. The molecule has 2 aromatic rings. The number of aromatic nitrogens is 2. The molecule has 1 N–H and O–H groups in total. The minimum Gasteiger partial charge on any atom is -0.772 e. The van der Waals surface area contributed by atoms with Crippen molar-refractivity contribution < 1.29 is 23.5 Å². The molecule has 0 radical (unpaired) electrons. The van der Waals surface area contributed by atoms with Crippen LogP contribution in [0.2, 0.25) is 10.0 Å². The summed E-state index contributed by atoms with van der Waals surface area (Å²) in [7, 11) is 0. The first-order valence-corrected chi connectivity index (χ1v) is 12.1. The number of likely N-dealkylation sites (tertiary alicyclic amines) is 1. The molecule has 4 rings (SSSR count). The van der Waals surface area contributed by atoms with E-state index in [0.717, 1.165) is 0 Å². The van der Waals surface area contributed by atoms with Crippen LogP contribution in [0.4, 0.5) is 0 Å². The molecule has 3 heterocycles. The Balaban J connectivity index is 1.74. The zero-order valence-electron chi connectivity index (χ0n) is 17.2.